The fourth-order valence-electron chi connectivity index (χ4n) is 0. The topological polar surface area (TPSA) is 121 Å². The minimum absolute atomic E-state index is 0. The van der Waals surface area contributed by atoms with Crippen LogP contribution in [0, 0.1) is 10.1 Å². The van der Waals surface area contributed by atoms with Crippen molar-refractivity contribution in [3.05, 3.63) is 10.1 Å². The molecule has 7 heteroatoms. The summed E-state index contributed by atoms with van der Waals surface area (Å²) in [4.78, 5) is 16.9. The van der Waals surface area contributed by atoms with E-state index in [-0.39, 0.29) is 7.43 Å². The molecule has 0 saturated carbocycles. The standard InChI is InChI=1S/CH2O3.CH4.HNO3/c2-1(3)4;;2-1(3)4/h(H2,2,3,4);1H4;(H,2,3,4). The van der Waals surface area contributed by atoms with Gasteiger partial charge in [0.1, 0.15) is 0 Å². The van der Waals surface area contributed by atoms with Crippen LogP contribution in [0.15, 0.2) is 0 Å². The lowest BCUT2D eigenvalue weighted by molar-refractivity contribution is -0.742. The molecule has 3 N–H and O–H groups in total. The lowest BCUT2D eigenvalue weighted by atomic mass is 11.5. The van der Waals surface area contributed by atoms with Gasteiger partial charge in [-0.15, -0.1) is 10.1 Å². The van der Waals surface area contributed by atoms with Gasteiger partial charge in [0.25, 0.3) is 5.09 Å². The van der Waals surface area contributed by atoms with Crippen molar-refractivity contribution in [2.75, 3.05) is 0 Å². The monoisotopic (exact) mass is 141 g/mol. The second kappa shape index (κ2) is 9.69. The number of hydrogen-bond acceptors (Lipinski definition) is 3. The van der Waals surface area contributed by atoms with Gasteiger partial charge in [-0.1, -0.05) is 7.43 Å². The van der Waals surface area contributed by atoms with Crippen LogP contribution >= 0.6 is 0 Å². The number of rotatable bonds is 0. The van der Waals surface area contributed by atoms with Gasteiger partial charge in [0.05, 0.1) is 0 Å². The van der Waals surface area contributed by atoms with Crippen LogP contribution in [-0.2, 0) is 0 Å². The zero-order valence-electron chi connectivity index (χ0n) is 3.51. The molecule has 7 nitrogen and oxygen atoms in total. The Hall–Kier alpha value is -1.53. The largest absolute Gasteiger partial charge is 0.503 e. The van der Waals surface area contributed by atoms with E-state index < -0.39 is 11.2 Å². The number of hydrogen-bond donors (Lipinski definition) is 3. The zero-order chi connectivity index (χ0) is 7.15. The molecule has 0 unspecified atom stereocenters. The minimum Gasteiger partial charge on any atom is -0.450 e. The maximum Gasteiger partial charge on any atom is 0.503 e. The SMILES string of the molecule is C.O=C(O)O.O=[N+]([O-])O. The predicted octanol–water partition coefficient (Wildman–Crippen LogP) is 0.511. The Morgan fingerprint density at radius 3 is 1.44 bits per heavy atom. The van der Waals surface area contributed by atoms with Crippen LogP contribution in [0.25, 0.3) is 0 Å². The average Bonchev–Trinajstić information content (AvgIpc) is 1.25. The molecule has 0 radical (unpaired) electrons. The molecular weight excluding hydrogens is 134 g/mol. The van der Waals surface area contributed by atoms with Gasteiger partial charge < -0.3 is 15.4 Å². The highest BCUT2D eigenvalue weighted by Gasteiger charge is 1.70. The number of nitrogens with zero attached hydrogens (tertiary/aromatic N) is 1. The van der Waals surface area contributed by atoms with E-state index in [9.17, 15) is 0 Å². The van der Waals surface area contributed by atoms with E-state index in [0.29, 0.717) is 0 Å². The van der Waals surface area contributed by atoms with E-state index >= 15 is 0 Å². The van der Waals surface area contributed by atoms with Crippen LogP contribution in [0.2, 0.25) is 0 Å². The van der Waals surface area contributed by atoms with E-state index in [4.69, 9.17) is 30.3 Å². The minimum atomic E-state index is -1.83. The summed E-state index contributed by atoms with van der Waals surface area (Å²) in [5.41, 5.74) is 0. The van der Waals surface area contributed by atoms with Gasteiger partial charge in [-0.3, -0.25) is 0 Å². The second-order valence-electron chi connectivity index (χ2n) is 0.520. The highest BCUT2D eigenvalue weighted by molar-refractivity contribution is 5.53. The Morgan fingerprint density at radius 2 is 1.44 bits per heavy atom. The van der Waals surface area contributed by atoms with Crippen molar-refractivity contribution >= 4 is 6.16 Å². The molecule has 0 aromatic heterocycles. The molecule has 0 aromatic carbocycles. The lowest BCUT2D eigenvalue weighted by Crippen LogP contribution is -1.81. The maximum atomic E-state index is 8.56. The second-order valence-corrected chi connectivity index (χ2v) is 0.520. The summed E-state index contributed by atoms with van der Waals surface area (Å²) in [6.07, 6.45) is -1.83. The van der Waals surface area contributed by atoms with Gasteiger partial charge in [-0.05, 0) is 0 Å². The summed E-state index contributed by atoms with van der Waals surface area (Å²) in [5.74, 6) is 0. The van der Waals surface area contributed by atoms with Crippen LogP contribution in [0.4, 0.5) is 4.79 Å². The van der Waals surface area contributed by atoms with E-state index in [0.717, 1.165) is 0 Å². The summed E-state index contributed by atoms with van der Waals surface area (Å²) in [7, 11) is 0. The Bertz CT molecular complexity index is 69.1. The molecule has 0 rings (SSSR count). The summed E-state index contributed by atoms with van der Waals surface area (Å²) < 4.78 is 0. The van der Waals surface area contributed by atoms with Gasteiger partial charge in [0.15, 0.2) is 0 Å². The Kier molecular flexibility index (Phi) is 16.8. The molecule has 0 aliphatic heterocycles. The zero-order valence-corrected chi connectivity index (χ0v) is 3.51. The fraction of sp³-hybridized carbons (Fsp3) is 0.500. The molecule has 0 amide bonds. The molecule has 56 valence electrons. The van der Waals surface area contributed by atoms with Gasteiger partial charge in [-0.25, -0.2) is 4.79 Å². The van der Waals surface area contributed by atoms with E-state index in [1.807, 2.05) is 0 Å². The molecular formula is C2H7NO6. The van der Waals surface area contributed by atoms with Crippen molar-refractivity contribution in [3.8, 4) is 0 Å². The smallest absolute Gasteiger partial charge is 0.450 e. The molecule has 0 aromatic rings. The molecule has 0 heterocycles. The summed E-state index contributed by atoms with van der Waals surface area (Å²) in [5, 5.41) is 27.6. The van der Waals surface area contributed by atoms with Gasteiger partial charge in [0, 0.05) is 0 Å². The van der Waals surface area contributed by atoms with Crippen LogP contribution in [0.5, 0.6) is 0 Å². The molecule has 0 atom stereocenters. The van der Waals surface area contributed by atoms with Crippen molar-refractivity contribution < 1.29 is 25.3 Å². The molecule has 0 aliphatic carbocycles. The summed E-state index contributed by atoms with van der Waals surface area (Å²) in [6.45, 7) is 0. The third-order valence-corrected chi connectivity index (χ3v) is 0. The number of carboxylic acid groups (broad SMARTS) is 2. The first-order valence-corrected chi connectivity index (χ1v) is 1.22. The first-order valence-electron chi connectivity index (χ1n) is 1.22. The normalized spacial score (nSPS) is 5.33. The van der Waals surface area contributed by atoms with Crippen LogP contribution in [0.1, 0.15) is 7.43 Å². The van der Waals surface area contributed by atoms with E-state index in [2.05, 4.69) is 0 Å². The average molecular weight is 141 g/mol. The molecule has 0 spiro atoms. The van der Waals surface area contributed by atoms with Crippen molar-refractivity contribution in [2.45, 2.75) is 7.43 Å². The van der Waals surface area contributed by atoms with Gasteiger partial charge in [-0.2, -0.15) is 0 Å². The summed E-state index contributed by atoms with van der Waals surface area (Å²) in [6, 6.07) is 0. The Morgan fingerprint density at radius 1 is 1.44 bits per heavy atom. The first kappa shape index (κ1) is 15.6. The predicted molar refractivity (Wildman–Crippen MR) is 26.2 cm³/mol. The van der Waals surface area contributed by atoms with Crippen molar-refractivity contribution in [2.24, 2.45) is 0 Å². The van der Waals surface area contributed by atoms with Crippen molar-refractivity contribution in [1.29, 1.82) is 0 Å². The third-order valence-electron chi connectivity index (χ3n) is 0. The molecule has 0 aliphatic rings. The maximum absolute atomic E-state index is 8.56. The fourth-order valence-corrected chi connectivity index (χ4v) is 0. The third kappa shape index (κ3) is 55.2. The molecule has 0 fully saturated rings. The van der Waals surface area contributed by atoms with E-state index in [1.54, 1.807) is 0 Å². The first-order chi connectivity index (χ1) is 3.46. The lowest BCUT2D eigenvalue weighted by Gasteiger charge is -1.60. The Balaban J connectivity index is -0.0000000720. The molecule has 9 heavy (non-hydrogen) atoms. The van der Waals surface area contributed by atoms with Crippen LogP contribution in [-0.4, -0.2) is 26.7 Å². The molecule has 0 saturated heterocycles. The highest BCUT2D eigenvalue weighted by atomic mass is 16.9. The van der Waals surface area contributed by atoms with Crippen LogP contribution < -0.4 is 0 Å². The quantitative estimate of drug-likeness (QED) is 0.333. The van der Waals surface area contributed by atoms with Crippen molar-refractivity contribution in [1.82, 2.24) is 0 Å². The van der Waals surface area contributed by atoms with Crippen molar-refractivity contribution in [3.63, 3.8) is 0 Å². The van der Waals surface area contributed by atoms with Crippen LogP contribution in [0.3, 0.4) is 0 Å². The molecule has 0 bridgehead atoms. The van der Waals surface area contributed by atoms with E-state index in [1.165, 1.54) is 0 Å². The van der Waals surface area contributed by atoms with Gasteiger partial charge >= 0.3 is 6.16 Å². The Labute approximate surface area is 50.3 Å². The summed E-state index contributed by atoms with van der Waals surface area (Å²) >= 11 is 0. The number of carbonyl (C=O) groups is 1. The van der Waals surface area contributed by atoms with Gasteiger partial charge in [0.2, 0.25) is 0 Å². The highest BCUT2D eigenvalue weighted by Crippen LogP contribution is 1.42.